The van der Waals surface area contributed by atoms with Gasteiger partial charge in [0.05, 0.1) is 0 Å². The molecule has 1 aliphatic rings. The SMILES string of the molecule is c1ccc(-c2nnc3ccc(N4CCCN(c5nccs5)CC4)nn23)cc1. The van der Waals surface area contributed by atoms with E-state index in [9.17, 15) is 0 Å². The van der Waals surface area contributed by atoms with Crippen molar-refractivity contribution < 1.29 is 0 Å². The van der Waals surface area contributed by atoms with E-state index in [2.05, 4.69) is 25.0 Å². The topological polar surface area (TPSA) is 62.5 Å². The minimum atomic E-state index is 0.761. The molecule has 1 fully saturated rings. The van der Waals surface area contributed by atoms with Gasteiger partial charge in [-0.15, -0.1) is 26.6 Å². The number of benzene rings is 1. The molecule has 0 unspecified atom stereocenters. The summed E-state index contributed by atoms with van der Waals surface area (Å²) in [5.41, 5.74) is 1.78. The lowest BCUT2D eigenvalue weighted by Crippen LogP contribution is -2.31. The molecule has 0 atom stereocenters. The van der Waals surface area contributed by atoms with Crippen molar-refractivity contribution in [1.29, 1.82) is 0 Å². The fourth-order valence-electron chi connectivity index (χ4n) is 3.43. The van der Waals surface area contributed by atoms with E-state index in [4.69, 9.17) is 5.10 Å². The zero-order chi connectivity index (χ0) is 18.1. The van der Waals surface area contributed by atoms with E-state index in [1.807, 2.05) is 58.6 Å². The van der Waals surface area contributed by atoms with Crippen molar-refractivity contribution in [3.05, 3.63) is 54.0 Å². The van der Waals surface area contributed by atoms with Gasteiger partial charge < -0.3 is 9.80 Å². The van der Waals surface area contributed by atoms with Gasteiger partial charge >= 0.3 is 0 Å². The van der Waals surface area contributed by atoms with Gasteiger partial charge in [-0.2, -0.15) is 4.52 Å². The van der Waals surface area contributed by atoms with Crippen molar-refractivity contribution in [2.75, 3.05) is 36.0 Å². The first-order valence-corrected chi connectivity index (χ1v) is 9.94. The Hall–Kier alpha value is -3.00. The number of rotatable bonds is 3. The zero-order valence-electron chi connectivity index (χ0n) is 14.8. The van der Waals surface area contributed by atoms with E-state index in [1.165, 1.54) is 0 Å². The lowest BCUT2D eigenvalue weighted by atomic mass is 10.2. The molecule has 27 heavy (non-hydrogen) atoms. The molecule has 0 spiro atoms. The summed E-state index contributed by atoms with van der Waals surface area (Å²) in [5.74, 6) is 1.73. The number of aromatic nitrogens is 5. The van der Waals surface area contributed by atoms with Crippen molar-refractivity contribution in [1.82, 2.24) is 24.8 Å². The fraction of sp³-hybridized carbons (Fsp3) is 0.263. The molecule has 1 aliphatic heterocycles. The van der Waals surface area contributed by atoms with Crippen LogP contribution in [0.1, 0.15) is 6.42 Å². The maximum Gasteiger partial charge on any atom is 0.185 e. The normalized spacial score (nSPS) is 15.3. The highest BCUT2D eigenvalue weighted by molar-refractivity contribution is 7.13. The summed E-state index contributed by atoms with van der Waals surface area (Å²) in [7, 11) is 0. The average Bonchev–Trinajstić information content (AvgIpc) is 3.33. The largest absolute Gasteiger partial charge is 0.353 e. The van der Waals surface area contributed by atoms with Crippen LogP contribution in [0.25, 0.3) is 17.0 Å². The highest BCUT2D eigenvalue weighted by Crippen LogP contribution is 2.22. The second-order valence-electron chi connectivity index (χ2n) is 6.49. The van der Waals surface area contributed by atoms with Crippen LogP contribution in [0.3, 0.4) is 0 Å². The molecule has 7 nitrogen and oxygen atoms in total. The number of thiazole rings is 1. The highest BCUT2D eigenvalue weighted by atomic mass is 32.1. The molecule has 4 heterocycles. The van der Waals surface area contributed by atoms with Crippen molar-refractivity contribution in [2.24, 2.45) is 0 Å². The standard InChI is InChI=1S/C19H19N7S/c1-2-5-15(6-3-1)18-22-21-16-7-8-17(23-26(16)18)24-10-4-11-25(13-12-24)19-20-9-14-27-19/h1-3,5-9,14H,4,10-13H2. The Bertz CT molecular complexity index is 1030. The van der Waals surface area contributed by atoms with Crippen LogP contribution in [0.5, 0.6) is 0 Å². The lowest BCUT2D eigenvalue weighted by Gasteiger charge is -2.22. The quantitative estimate of drug-likeness (QED) is 0.547. The Morgan fingerprint density at radius 2 is 1.70 bits per heavy atom. The van der Waals surface area contributed by atoms with Crippen LogP contribution in [-0.2, 0) is 0 Å². The van der Waals surface area contributed by atoms with E-state index in [-0.39, 0.29) is 0 Å². The molecule has 1 aromatic carbocycles. The van der Waals surface area contributed by atoms with Crippen LogP contribution in [-0.4, -0.2) is 51.0 Å². The molecular formula is C19H19N7S. The summed E-state index contributed by atoms with van der Waals surface area (Å²) < 4.78 is 1.84. The number of hydrogen-bond donors (Lipinski definition) is 0. The van der Waals surface area contributed by atoms with Gasteiger partial charge in [-0.3, -0.25) is 0 Å². The van der Waals surface area contributed by atoms with Gasteiger partial charge in [0.1, 0.15) is 5.82 Å². The lowest BCUT2D eigenvalue weighted by molar-refractivity contribution is 0.777. The molecule has 0 N–H and O–H groups in total. The Morgan fingerprint density at radius 3 is 2.56 bits per heavy atom. The Labute approximate surface area is 160 Å². The van der Waals surface area contributed by atoms with Crippen molar-refractivity contribution in [3.8, 4) is 11.4 Å². The third-order valence-electron chi connectivity index (χ3n) is 4.79. The minimum absolute atomic E-state index is 0.761. The molecule has 0 saturated carbocycles. The summed E-state index contributed by atoms with van der Waals surface area (Å²) in [6.45, 7) is 3.86. The third kappa shape index (κ3) is 3.12. The molecule has 0 bridgehead atoms. The molecule has 0 amide bonds. The van der Waals surface area contributed by atoms with Crippen LogP contribution in [0, 0.1) is 0 Å². The average molecular weight is 377 g/mol. The third-order valence-corrected chi connectivity index (χ3v) is 5.62. The minimum Gasteiger partial charge on any atom is -0.353 e. The van der Waals surface area contributed by atoms with E-state index in [0.29, 0.717) is 0 Å². The molecule has 5 rings (SSSR count). The van der Waals surface area contributed by atoms with Gasteiger partial charge in [0, 0.05) is 43.3 Å². The van der Waals surface area contributed by atoms with Gasteiger partial charge in [-0.05, 0) is 18.6 Å². The Kier molecular flexibility index (Phi) is 4.17. The van der Waals surface area contributed by atoms with Gasteiger partial charge in [0.15, 0.2) is 16.6 Å². The van der Waals surface area contributed by atoms with Crippen molar-refractivity contribution in [2.45, 2.75) is 6.42 Å². The van der Waals surface area contributed by atoms with E-state index in [0.717, 1.165) is 60.6 Å². The molecule has 0 radical (unpaired) electrons. The van der Waals surface area contributed by atoms with Gasteiger partial charge in [0.2, 0.25) is 0 Å². The first kappa shape index (κ1) is 16.2. The van der Waals surface area contributed by atoms with Gasteiger partial charge in [-0.25, -0.2) is 4.98 Å². The van der Waals surface area contributed by atoms with Gasteiger partial charge in [0.25, 0.3) is 0 Å². The van der Waals surface area contributed by atoms with E-state index < -0.39 is 0 Å². The number of anilines is 2. The van der Waals surface area contributed by atoms with Gasteiger partial charge in [-0.1, -0.05) is 30.3 Å². The summed E-state index contributed by atoms with van der Waals surface area (Å²) in [5, 5.41) is 16.6. The predicted molar refractivity (Wildman–Crippen MR) is 107 cm³/mol. The Morgan fingerprint density at radius 1 is 0.852 bits per heavy atom. The monoisotopic (exact) mass is 377 g/mol. The van der Waals surface area contributed by atoms with Crippen LogP contribution in [0.15, 0.2) is 54.0 Å². The number of nitrogens with zero attached hydrogens (tertiary/aromatic N) is 7. The first-order valence-electron chi connectivity index (χ1n) is 9.06. The highest BCUT2D eigenvalue weighted by Gasteiger charge is 2.19. The second kappa shape index (κ2) is 6.96. The van der Waals surface area contributed by atoms with E-state index >= 15 is 0 Å². The summed E-state index contributed by atoms with van der Waals surface area (Å²) in [6.07, 6.45) is 2.95. The van der Waals surface area contributed by atoms with Crippen molar-refractivity contribution in [3.63, 3.8) is 0 Å². The molecule has 4 aromatic rings. The first-order chi connectivity index (χ1) is 13.4. The van der Waals surface area contributed by atoms with Crippen LogP contribution >= 0.6 is 11.3 Å². The molecular weight excluding hydrogens is 358 g/mol. The van der Waals surface area contributed by atoms with E-state index in [1.54, 1.807) is 11.3 Å². The fourth-order valence-corrected chi connectivity index (χ4v) is 4.12. The summed E-state index contributed by atoms with van der Waals surface area (Å²) >= 11 is 1.70. The molecule has 0 aliphatic carbocycles. The van der Waals surface area contributed by atoms with Crippen LogP contribution in [0.4, 0.5) is 10.9 Å². The molecule has 8 heteroatoms. The number of hydrogen-bond acceptors (Lipinski definition) is 7. The summed E-state index contributed by atoms with van der Waals surface area (Å²) in [6, 6.07) is 14.1. The molecule has 136 valence electrons. The van der Waals surface area contributed by atoms with Crippen LogP contribution in [0.2, 0.25) is 0 Å². The summed E-state index contributed by atoms with van der Waals surface area (Å²) in [4.78, 5) is 9.14. The van der Waals surface area contributed by atoms with Crippen molar-refractivity contribution >= 4 is 27.9 Å². The van der Waals surface area contributed by atoms with Crippen LogP contribution < -0.4 is 9.80 Å². The predicted octanol–water partition coefficient (Wildman–Crippen LogP) is 2.96. The zero-order valence-corrected chi connectivity index (χ0v) is 15.6. The molecule has 3 aromatic heterocycles. The maximum absolute atomic E-state index is 4.85. The smallest absolute Gasteiger partial charge is 0.185 e. The second-order valence-corrected chi connectivity index (χ2v) is 7.37. The number of fused-ring (bicyclic) bond motifs is 1. The molecule has 1 saturated heterocycles. The maximum atomic E-state index is 4.85. The Balaban J connectivity index is 1.43.